The number of aromatic nitrogens is 4. The molecule has 0 radical (unpaired) electrons. The van der Waals surface area contributed by atoms with Gasteiger partial charge in [0.1, 0.15) is 11.0 Å². The number of halogens is 2. The monoisotopic (exact) mass is 473 g/mol. The van der Waals surface area contributed by atoms with Crippen LogP contribution < -0.4 is 5.32 Å². The third kappa shape index (κ3) is 5.05. The Morgan fingerprint density at radius 3 is 2.78 bits per heavy atom. The third-order valence-electron chi connectivity index (χ3n) is 4.86. The Morgan fingerprint density at radius 1 is 1.22 bits per heavy atom. The summed E-state index contributed by atoms with van der Waals surface area (Å²) >= 11 is 7.96. The van der Waals surface area contributed by atoms with Crippen LogP contribution in [-0.2, 0) is 6.42 Å². The van der Waals surface area contributed by atoms with E-state index >= 15 is 0 Å². The van der Waals surface area contributed by atoms with Gasteiger partial charge in [0.2, 0.25) is 11.7 Å². The fraction of sp³-hybridized carbons (Fsp3) is 0.273. The van der Waals surface area contributed by atoms with Gasteiger partial charge < -0.3 is 9.84 Å². The fourth-order valence-electron chi connectivity index (χ4n) is 3.24. The fourth-order valence-corrected chi connectivity index (χ4v) is 4.25. The molecule has 4 aromatic rings. The maximum Gasteiger partial charge on any atom is 0.256 e. The smallest absolute Gasteiger partial charge is 0.256 e. The summed E-state index contributed by atoms with van der Waals surface area (Å²) in [6.45, 7) is 2.23. The van der Waals surface area contributed by atoms with Gasteiger partial charge in [-0.15, -0.1) is 11.3 Å². The minimum absolute atomic E-state index is 0.199. The second kappa shape index (κ2) is 10.1. The highest BCUT2D eigenvalue weighted by Crippen LogP contribution is 2.24. The molecule has 0 saturated carbocycles. The first-order valence-corrected chi connectivity index (χ1v) is 11.4. The molecular formula is C22H21ClFN5O2S. The number of thiophene rings is 1. The Balaban J connectivity index is 1.23. The number of hydrogen-bond donors (Lipinski definition) is 1. The van der Waals surface area contributed by atoms with E-state index in [1.54, 1.807) is 30.4 Å². The van der Waals surface area contributed by atoms with Crippen molar-refractivity contribution in [1.82, 2.24) is 25.2 Å². The highest BCUT2D eigenvalue weighted by Gasteiger charge is 2.20. The molecule has 0 atom stereocenters. The van der Waals surface area contributed by atoms with Crippen LogP contribution in [0.4, 0.5) is 4.39 Å². The molecule has 10 heteroatoms. The van der Waals surface area contributed by atoms with Crippen molar-refractivity contribution in [3.8, 4) is 16.4 Å². The molecule has 0 fully saturated rings. The van der Waals surface area contributed by atoms with Crippen LogP contribution >= 0.6 is 22.9 Å². The summed E-state index contributed by atoms with van der Waals surface area (Å²) in [4.78, 5) is 18.0. The van der Waals surface area contributed by atoms with Gasteiger partial charge in [0.25, 0.3) is 5.91 Å². The average molecular weight is 474 g/mol. The number of nitrogens with one attached hydrogen (secondary N) is 1. The number of carbonyl (C=O) groups is 1. The predicted molar refractivity (Wildman–Crippen MR) is 121 cm³/mol. The van der Waals surface area contributed by atoms with Gasteiger partial charge in [-0.1, -0.05) is 29.2 Å². The van der Waals surface area contributed by atoms with E-state index < -0.39 is 0 Å². The summed E-state index contributed by atoms with van der Waals surface area (Å²) in [6.07, 6.45) is 3.28. The SMILES string of the molecule is Cc1nn(-c2ccc(F)cc2)c(Cl)c1C(=O)NCCCCCc1nc(-c2cccs2)no1. The second-order valence-electron chi connectivity index (χ2n) is 7.20. The van der Waals surface area contributed by atoms with Crippen molar-refractivity contribution in [2.45, 2.75) is 32.6 Å². The lowest BCUT2D eigenvalue weighted by atomic mass is 10.2. The lowest BCUT2D eigenvalue weighted by molar-refractivity contribution is 0.0952. The van der Waals surface area contributed by atoms with Crippen LogP contribution in [0.2, 0.25) is 5.15 Å². The quantitative estimate of drug-likeness (QED) is 0.336. The lowest BCUT2D eigenvalue weighted by Gasteiger charge is -2.06. The Labute approximate surface area is 193 Å². The number of unbranched alkanes of at least 4 members (excludes halogenated alkanes) is 2. The molecule has 1 N–H and O–H groups in total. The van der Waals surface area contributed by atoms with E-state index in [9.17, 15) is 9.18 Å². The highest BCUT2D eigenvalue weighted by molar-refractivity contribution is 7.13. The van der Waals surface area contributed by atoms with Crippen LogP contribution in [0.3, 0.4) is 0 Å². The number of aryl methyl sites for hydroxylation is 2. The number of benzene rings is 1. The summed E-state index contributed by atoms with van der Waals surface area (Å²) in [7, 11) is 0. The molecule has 166 valence electrons. The first kappa shape index (κ1) is 22.2. The van der Waals surface area contributed by atoms with Crippen LogP contribution in [0.5, 0.6) is 0 Å². The van der Waals surface area contributed by atoms with E-state index in [0.717, 1.165) is 24.1 Å². The molecule has 3 heterocycles. The van der Waals surface area contributed by atoms with Crippen LogP contribution in [0.1, 0.15) is 41.2 Å². The zero-order valence-electron chi connectivity index (χ0n) is 17.3. The van der Waals surface area contributed by atoms with E-state index in [-0.39, 0.29) is 16.9 Å². The molecule has 1 aromatic carbocycles. The van der Waals surface area contributed by atoms with Crippen molar-refractivity contribution in [2.24, 2.45) is 0 Å². The molecule has 1 amide bonds. The molecular weight excluding hydrogens is 453 g/mol. The van der Waals surface area contributed by atoms with Gasteiger partial charge in [0.15, 0.2) is 0 Å². The summed E-state index contributed by atoms with van der Waals surface area (Å²) in [5.41, 5.74) is 1.42. The van der Waals surface area contributed by atoms with Crippen molar-refractivity contribution in [3.63, 3.8) is 0 Å². The van der Waals surface area contributed by atoms with Gasteiger partial charge in [-0.25, -0.2) is 9.07 Å². The van der Waals surface area contributed by atoms with Gasteiger partial charge in [0.05, 0.1) is 21.8 Å². The van der Waals surface area contributed by atoms with Crippen molar-refractivity contribution < 1.29 is 13.7 Å². The summed E-state index contributed by atoms with van der Waals surface area (Å²) in [6, 6.07) is 9.66. The molecule has 0 bridgehead atoms. The maximum atomic E-state index is 13.2. The summed E-state index contributed by atoms with van der Waals surface area (Å²) < 4.78 is 19.9. The summed E-state index contributed by atoms with van der Waals surface area (Å²) in [5, 5.41) is 13.4. The number of rotatable bonds is 9. The van der Waals surface area contributed by atoms with Crippen LogP contribution in [0.25, 0.3) is 16.4 Å². The third-order valence-corrected chi connectivity index (χ3v) is 6.08. The van der Waals surface area contributed by atoms with Crippen LogP contribution in [0.15, 0.2) is 46.3 Å². The highest BCUT2D eigenvalue weighted by atomic mass is 35.5. The van der Waals surface area contributed by atoms with E-state index in [2.05, 4.69) is 20.6 Å². The van der Waals surface area contributed by atoms with Gasteiger partial charge in [0, 0.05) is 13.0 Å². The van der Waals surface area contributed by atoms with Crippen molar-refractivity contribution >= 4 is 28.8 Å². The van der Waals surface area contributed by atoms with Gasteiger partial charge in [-0.2, -0.15) is 10.1 Å². The van der Waals surface area contributed by atoms with E-state index in [1.807, 2.05) is 17.5 Å². The molecule has 0 spiro atoms. The average Bonchev–Trinajstić information content (AvgIpc) is 3.52. The van der Waals surface area contributed by atoms with E-state index in [1.165, 1.54) is 16.8 Å². The Bertz CT molecular complexity index is 1190. The second-order valence-corrected chi connectivity index (χ2v) is 8.50. The molecule has 32 heavy (non-hydrogen) atoms. The zero-order chi connectivity index (χ0) is 22.5. The molecule has 0 aliphatic carbocycles. The van der Waals surface area contributed by atoms with Crippen molar-refractivity contribution in [3.05, 3.63) is 69.9 Å². The van der Waals surface area contributed by atoms with E-state index in [0.29, 0.717) is 41.6 Å². The normalized spacial score (nSPS) is 11.1. The van der Waals surface area contributed by atoms with Crippen molar-refractivity contribution in [2.75, 3.05) is 6.54 Å². The molecule has 0 aliphatic rings. The molecule has 0 unspecified atom stereocenters. The Morgan fingerprint density at radius 2 is 2.03 bits per heavy atom. The van der Waals surface area contributed by atoms with Gasteiger partial charge in [-0.3, -0.25) is 4.79 Å². The largest absolute Gasteiger partial charge is 0.352 e. The molecule has 4 rings (SSSR count). The topological polar surface area (TPSA) is 85.8 Å². The summed E-state index contributed by atoms with van der Waals surface area (Å²) in [5.74, 6) is 0.607. The van der Waals surface area contributed by atoms with Crippen molar-refractivity contribution in [1.29, 1.82) is 0 Å². The predicted octanol–water partition coefficient (Wildman–Crippen LogP) is 5.23. The minimum Gasteiger partial charge on any atom is -0.352 e. The Hall–Kier alpha value is -3.04. The van der Waals surface area contributed by atoms with Gasteiger partial charge in [-0.05, 0) is 55.5 Å². The molecule has 7 nitrogen and oxygen atoms in total. The first-order valence-electron chi connectivity index (χ1n) is 10.2. The zero-order valence-corrected chi connectivity index (χ0v) is 18.9. The minimum atomic E-state index is -0.353. The number of carbonyl (C=O) groups excluding carboxylic acids is 1. The van der Waals surface area contributed by atoms with E-state index in [4.69, 9.17) is 16.1 Å². The van der Waals surface area contributed by atoms with Crippen LogP contribution in [0, 0.1) is 12.7 Å². The number of nitrogens with zero attached hydrogens (tertiary/aromatic N) is 4. The lowest BCUT2D eigenvalue weighted by Crippen LogP contribution is -2.25. The standard InChI is InChI=1S/C22H21ClFN5O2S/c1-14-19(20(23)29(27-14)16-10-8-15(24)9-11-16)22(30)25-12-4-2-3-7-18-26-21(28-31-18)17-6-5-13-32-17/h5-6,8-11,13H,2-4,7,12H2,1H3,(H,25,30). The Kier molecular flexibility index (Phi) is 6.96. The van der Waals surface area contributed by atoms with Crippen LogP contribution in [-0.4, -0.2) is 32.4 Å². The van der Waals surface area contributed by atoms with Gasteiger partial charge >= 0.3 is 0 Å². The maximum absolute atomic E-state index is 13.2. The molecule has 0 aliphatic heterocycles. The molecule has 0 saturated heterocycles. The number of amides is 1. The first-order chi connectivity index (χ1) is 15.5. The number of hydrogen-bond acceptors (Lipinski definition) is 6. The molecule has 3 aromatic heterocycles.